The number of ether oxygens (including phenoxy) is 1. The molecule has 4 heteroatoms. The molecule has 0 spiro atoms. The molecule has 0 radical (unpaired) electrons. The number of benzene rings is 1. The molecular weight excluding hydrogens is 328 g/mol. The lowest BCUT2D eigenvalue weighted by molar-refractivity contribution is 0.416. The Morgan fingerprint density at radius 3 is 2.08 bits per heavy atom. The third-order valence-electron chi connectivity index (χ3n) is 5.04. The number of methoxy groups -OCH3 is 1. The summed E-state index contributed by atoms with van der Waals surface area (Å²) in [6.45, 7) is 2.08. The molecule has 0 unspecified atom stereocenters. The lowest BCUT2D eigenvalue weighted by atomic mass is 9.98. The summed E-state index contributed by atoms with van der Waals surface area (Å²) < 4.78 is 5.43. The molecule has 2 rings (SSSR count). The topological polar surface area (TPSA) is 33.3 Å². The van der Waals surface area contributed by atoms with Crippen LogP contribution in [-0.2, 0) is 0 Å². The average molecular weight is 363 g/mol. The van der Waals surface area contributed by atoms with Crippen molar-refractivity contribution in [2.75, 3.05) is 12.4 Å². The second-order valence-corrected chi connectivity index (χ2v) is 7.67. The van der Waals surface area contributed by atoms with E-state index in [-0.39, 0.29) is 0 Å². The van der Waals surface area contributed by atoms with Crippen LogP contribution < -0.4 is 15.4 Å². The van der Waals surface area contributed by atoms with E-state index in [1.165, 1.54) is 76.2 Å². The zero-order chi connectivity index (χ0) is 17.9. The Labute approximate surface area is 158 Å². The minimum Gasteiger partial charge on any atom is -0.495 e. The van der Waals surface area contributed by atoms with Crippen molar-refractivity contribution in [3.8, 4) is 5.75 Å². The third-order valence-corrected chi connectivity index (χ3v) is 5.26. The number of hydrogen-bond acceptors (Lipinski definition) is 2. The van der Waals surface area contributed by atoms with Crippen LogP contribution in [0.1, 0.15) is 76.2 Å². The summed E-state index contributed by atoms with van der Waals surface area (Å²) in [5.74, 6) is 0.827. The van der Waals surface area contributed by atoms with Crippen molar-refractivity contribution in [1.29, 1.82) is 0 Å². The van der Waals surface area contributed by atoms with Gasteiger partial charge in [-0.15, -0.1) is 0 Å². The Kier molecular flexibility index (Phi) is 9.09. The van der Waals surface area contributed by atoms with Crippen molar-refractivity contribution in [1.82, 2.24) is 5.32 Å². The van der Waals surface area contributed by atoms with Gasteiger partial charge in [-0.2, -0.15) is 0 Å². The number of nitrogens with one attached hydrogen (secondary N) is 2. The largest absolute Gasteiger partial charge is 0.495 e. The monoisotopic (exact) mass is 362 g/mol. The molecule has 1 aliphatic rings. The molecule has 0 bridgehead atoms. The highest BCUT2D eigenvalue weighted by molar-refractivity contribution is 7.80. The number of hydrogen-bond donors (Lipinski definition) is 2. The van der Waals surface area contributed by atoms with Gasteiger partial charge in [-0.25, -0.2) is 0 Å². The zero-order valence-corrected chi connectivity index (χ0v) is 16.7. The van der Waals surface area contributed by atoms with Gasteiger partial charge in [-0.3, -0.25) is 0 Å². The van der Waals surface area contributed by atoms with Crippen molar-refractivity contribution in [3.63, 3.8) is 0 Å². The number of aryl methyl sites for hydroxylation is 1. The van der Waals surface area contributed by atoms with Crippen molar-refractivity contribution in [2.24, 2.45) is 0 Å². The van der Waals surface area contributed by atoms with Crippen LogP contribution in [0.15, 0.2) is 18.2 Å². The van der Waals surface area contributed by atoms with Gasteiger partial charge in [0.05, 0.1) is 12.8 Å². The summed E-state index contributed by atoms with van der Waals surface area (Å²) in [6, 6.07) is 6.59. The van der Waals surface area contributed by atoms with Crippen LogP contribution >= 0.6 is 12.2 Å². The van der Waals surface area contributed by atoms with E-state index in [2.05, 4.69) is 23.6 Å². The molecule has 1 aromatic carbocycles. The average Bonchev–Trinajstić information content (AvgIpc) is 2.57. The van der Waals surface area contributed by atoms with E-state index in [1.807, 2.05) is 12.1 Å². The lowest BCUT2D eigenvalue weighted by Gasteiger charge is -2.22. The van der Waals surface area contributed by atoms with Gasteiger partial charge in [-0.05, 0) is 49.7 Å². The van der Waals surface area contributed by atoms with Crippen LogP contribution in [0, 0.1) is 6.92 Å². The smallest absolute Gasteiger partial charge is 0.171 e. The molecule has 1 fully saturated rings. The zero-order valence-electron chi connectivity index (χ0n) is 15.9. The van der Waals surface area contributed by atoms with Gasteiger partial charge in [0, 0.05) is 6.04 Å². The number of thiocarbonyl (C=S) groups is 1. The highest BCUT2D eigenvalue weighted by atomic mass is 32.1. The van der Waals surface area contributed by atoms with Crippen molar-refractivity contribution in [2.45, 2.75) is 83.6 Å². The third kappa shape index (κ3) is 7.64. The Hall–Kier alpha value is -1.29. The first-order valence-corrected chi connectivity index (χ1v) is 10.3. The molecule has 1 saturated carbocycles. The predicted octanol–water partition coefficient (Wildman–Crippen LogP) is 5.96. The second kappa shape index (κ2) is 11.3. The first-order valence-electron chi connectivity index (χ1n) is 9.91. The summed E-state index contributed by atoms with van der Waals surface area (Å²) in [5.41, 5.74) is 2.13. The molecule has 0 heterocycles. The first-order chi connectivity index (χ1) is 12.2. The molecule has 0 amide bonds. The summed E-state index contributed by atoms with van der Waals surface area (Å²) in [6.07, 6.45) is 14.7. The predicted molar refractivity (Wildman–Crippen MR) is 112 cm³/mol. The Balaban J connectivity index is 1.88. The molecule has 0 atom stereocenters. The summed E-state index contributed by atoms with van der Waals surface area (Å²) in [5, 5.41) is 7.60. The number of anilines is 1. The fourth-order valence-corrected chi connectivity index (χ4v) is 3.85. The highest BCUT2D eigenvalue weighted by Gasteiger charge is 2.12. The summed E-state index contributed by atoms with van der Waals surface area (Å²) in [7, 11) is 1.69. The van der Waals surface area contributed by atoms with Gasteiger partial charge in [0.2, 0.25) is 0 Å². The fourth-order valence-electron chi connectivity index (χ4n) is 3.57. The maximum atomic E-state index is 5.58. The summed E-state index contributed by atoms with van der Waals surface area (Å²) in [4.78, 5) is 0. The van der Waals surface area contributed by atoms with Crippen LogP contribution in [0.2, 0.25) is 0 Å². The van der Waals surface area contributed by atoms with E-state index < -0.39 is 0 Å². The standard InChI is InChI=1S/C21H34N2OS/c1-17-14-15-20(24-2)19(16-17)23-21(25)22-18-12-10-8-6-4-3-5-7-9-11-13-18/h14-16,18H,3-13H2,1-2H3,(H2,22,23,25). The van der Waals surface area contributed by atoms with Crippen molar-refractivity contribution >= 4 is 23.0 Å². The van der Waals surface area contributed by atoms with Crippen LogP contribution in [0.4, 0.5) is 5.69 Å². The molecule has 0 saturated heterocycles. The molecule has 25 heavy (non-hydrogen) atoms. The Morgan fingerprint density at radius 1 is 0.960 bits per heavy atom. The quantitative estimate of drug-likeness (QED) is 0.650. The number of rotatable bonds is 3. The highest BCUT2D eigenvalue weighted by Crippen LogP contribution is 2.25. The molecule has 0 aliphatic heterocycles. The lowest BCUT2D eigenvalue weighted by Crippen LogP contribution is -2.37. The molecule has 0 aromatic heterocycles. The van der Waals surface area contributed by atoms with Crippen LogP contribution in [0.25, 0.3) is 0 Å². The van der Waals surface area contributed by atoms with E-state index in [9.17, 15) is 0 Å². The Bertz CT molecular complexity index is 521. The summed E-state index contributed by atoms with van der Waals surface area (Å²) >= 11 is 5.58. The van der Waals surface area contributed by atoms with Gasteiger partial charge in [0.25, 0.3) is 0 Å². The molecule has 3 nitrogen and oxygen atoms in total. The van der Waals surface area contributed by atoms with Crippen LogP contribution in [0.3, 0.4) is 0 Å². The molecule has 2 N–H and O–H groups in total. The van der Waals surface area contributed by atoms with E-state index in [1.54, 1.807) is 7.11 Å². The van der Waals surface area contributed by atoms with Crippen molar-refractivity contribution < 1.29 is 4.74 Å². The molecule has 1 aromatic rings. The SMILES string of the molecule is COc1ccc(C)cc1NC(=S)NC1CCCCCCCCCCC1. The van der Waals surface area contributed by atoms with Gasteiger partial charge in [0.1, 0.15) is 5.75 Å². The molecular formula is C21H34N2OS. The fraction of sp³-hybridized carbons (Fsp3) is 0.667. The van der Waals surface area contributed by atoms with Crippen LogP contribution in [0.5, 0.6) is 5.75 Å². The maximum absolute atomic E-state index is 5.58. The van der Waals surface area contributed by atoms with E-state index in [4.69, 9.17) is 17.0 Å². The minimum absolute atomic E-state index is 0.482. The minimum atomic E-state index is 0.482. The van der Waals surface area contributed by atoms with E-state index >= 15 is 0 Å². The van der Waals surface area contributed by atoms with Gasteiger partial charge in [0.15, 0.2) is 5.11 Å². The van der Waals surface area contributed by atoms with Gasteiger partial charge < -0.3 is 15.4 Å². The van der Waals surface area contributed by atoms with E-state index in [0.29, 0.717) is 11.2 Å². The van der Waals surface area contributed by atoms with Gasteiger partial charge >= 0.3 is 0 Å². The molecule has 140 valence electrons. The maximum Gasteiger partial charge on any atom is 0.171 e. The second-order valence-electron chi connectivity index (χ2n) is 7.26. The first kappa shape index (κ1) is 20.0. The van der Waals surface area contributed by atoms with Crippen LogP contribution in [-0.4, -0.2) is 18.3 Å². The van der Waals surface area contributed by atoms with Crippen molar-refractivity contribution in [3.05, 3.63) is 23.8 Å². The normalized spacial score (nSPS) is 17.8. The van der Waals surface area contributed by atoms with Gasteiger partial charge in [-0.1, -0.05) is 63.9 Å². The molecule has 1 aliphatic carbocycles. The van der Waals surface area contributed by atoms with E-state index in [0.717, 1.165) is 11.4 Å². The Morgan fingerprint density at radius 2 is 1.52 bits per heavy atom.